The number of benzene rings is 2. The van der Waals surface area contributed by atoms with E-state index in [2.05, 4.69) is 32.7 Å². The number of fused-ring (bicyclic) bond motifs is 2. The molecular weight excluding hydrogens is 312 g/mol. The van der Waals surface area contributed by atoms with E-state index in [1.165, 1.54) is 11.1 Å². The summed E-state index contributed by atoms with van der Waals surface area (Å²) in [7, 11) is 0. The van der Waals surface area contributed by atoms with Gasteiger partial charge >= 0.3 is 0 Å². The average Bonchev–Trinajstić information content (AvgIpc) is 2.96. The largest absolute Gasteiger partial charge is 0.324 e. The maximum absolute atomic E-state index is 12.4. The number of hydrogen-bond donors (Lipinski definition) is 3. The van der Waals surface area contributed by atoms with Crippen LogP contribution in [0.2, 0.25) is 0 Å². The molecule has 1 amide bonds. The van der Waals surface area contributed by atoms with Gasteiger partial charge in [0, 0.05) is 6.54 Å². The highest BCUT2D eigenvalue weighted by Gasteiger charge is 2.24. The minimum atomic E-state index is -0.233. The lowest BCUT2D eigenvalue weighted by Gasteiger charge is -2.24. The van der Waals surface area contributed by atoms with E-state index in [1.54, 1.807) is 0 Å². The second-order valence-corrected chi connectivity index (χ2v) is 5.50. The molecule has 3 aromatic rings. The molecule has 23 heavy (non-hydrogen) atoms. The third-order valence-electron chi connectivity index (χ3n) is 4.03. The predicted molar refractivity (Wildman–Crippen MR) is 92.7 cm³/mol. The minimum Gasteiger partial charge on any atom is -0.324 e. The van der Waals surface area contributed by atoms with Gasteiger partial charge in [-0.3, -0.25) is 10.1 Å². The van der Waals surface area contributed by atoms with Crippen LogP contribution in [0, 0.1) is 0 Å². The molecule has 3 N–H and O–H groups in total. The van der Waals surface area contributed by atoms with Crippen LogP contribution in [0.5, 0.6) is 0 Å². The molecule has 1 aliphatic rings. The highest BCUT2D eigenvalue weighted by Crippen LogP contribution is 2.18. The van der Waals surface area contributed by atoms with Gasteiger partial charge in [-0.2, -0.15) is 0 Å². The topological polar surface area (TPSA) is 69.8 Å². The van der Waals surface area contributed by atoms with Crippen LogP contribution >= 0.6 is 12.4 Å². The first-order valence-corrected chi connectivity index (χ1v) is 7.35. The van der Waals surface area contributed by atoms with E-state index in [-0.39, 0.29) is 24.4 Å². The number of nitrogens with zero attached hydrogens (tertiary/aromatic N) is 1. The van der Waals surface area contributed by atoms with Crippen LogP contribution in [0.4, 0.5) is 5.95 Å². The van der Waals surface area contributed by atoms with Gasteiger partial charge in [-0.25, -0.2) is 4.98 Å². The standard InChI is InChI=1S/C17H16N4O.ClH/c22-16(15-9-11-5-1-2-6-12(11)10-18-15)21-17-19-13-7-3-4-8-14(13)20-17;/h1-8,15,18H,9-10H2,(H2,19,20,21,22);1H. The van der Waals surface area contributed by atoms with Gasteiger partial charge < -0.3 is 10.3 Å². The van der Waals surface area contributed by atoms with Crippen molar-refractivity contribution in [1.82, 2.24) is 15.3 Å². The van der Waals surface area contributed by atoms with E-state index >= 15 is 0 Å². The Labute approximate surface area is 139 Å². The Balaban J connectivity index is 0.00000156. The molecule has 0 bridgehead atoms. The van der Waals surface area contributed by atoms with Crippen molar-refractivity contribution in [2.24, 2.45) is 0 Å². The fourth-order valence-corrected chi connectivity index (χ4v) is 2.86. The highest BCUT2D eigenvalue weighted by molar-refractivity contribution is 5.95. The minimum absolute atomic E-state index is 0. The maximum atomic E-state index is 12.4. The molecule has 1 atom stereocenters. The van der Waals surface area contributed by atoms with E-state index in [0.717, 1.165) is 11.0 Å². The second kappa shape index (κ2) is 6.40. The number of para-hydroxylation sites is 2. The van der Waals surface area contributed by atoms with E-state index < -0.39 is 0 Å². The Morgan fingerprint density at radius 3 is 2.65 bits per heavy atom. The maximum Gasteiger partial charge on any atom is 0.244 e. The zero-order valence-electron chi connectivity index (χ0n) is 12.4. The first-order chi connectivity index (χ1) is 10.8. The van der Waals surface area contributed by atoms with Crippen molar-refractivity contribution in [1.29, 1.82) is 0 Å². The normalized spacial score (nSPS) is 16.4. The van der Waals surface area contributed by atoms with E-state index in [1.807, 2.05) is 36.4 Å². The fourth-order valence-electron chi connectivity index (χ4n) is 2.86. The van der Waals surface area contributed by atoms with E-state index in [9.17, 15) is 4.79 Å². The first kappa shape index (κ1) is 15.5. The van der Waals surface area contributed by atoms with Crippen LogP contribution in [-0.2, 0) is 17.8 Å². The summed E-state index contributed by atoms with van der Waals surface area (Å²) in [5.41, 5.74) is 4.25. The van der Waals surface area contributed by atoms with Crippen molar-refractivity contribution in [3.05, 3.63) is 59.7 Å². The number of carbonyl (C=O) groups excluding carboxylic acids is 1. The molecule has 0 spiro atoms. The molecule has 1 aromatic heterocycles. The number of anilines is 1. The number of amides is 1. The van der Waals surface area contributed by atoms with Crippen LogP contribution in [0.15, 0.2) is 48.5 Å². The summed E-state index contributed by atoms with van der Waals surface area (Å²) >= 11 is 0. The molecule has 0 aliphatic carbocycles. The van der Waals surface area contributed by atoms with Gasteiger partial charge in [0.25, 0.3) is 0 Å². The van der Waals surface area contributed by atoms with Gasteiger partial charge in [0.05, 0.1) is 17.1 Å². The quantitative estimate of drug-likeness (QED) is 0.677. The molecule has 2 aromatic carbocycles. The third-order valence-corrected chi connectivity index (χ3v) is 4.03. The molecule has 1 unspecified atom stereocenters. The number of carbonyl (C=O) groups is 1. The Morgan fingerprint density at radius 1 is 1.09 bits per heavy atom. The van der Waals surface area contributed by atoms with Gasteiger partial charge in [0.2, 0.25) is 11.9 Å². The monoisotopic (exact) mass is 328 g/mol. The molecule has 118 valence electrons. The lowest BCUT2D eigenvalue weighted by molar-refractivity contribution is -0.118. The van der Waals surface area contributed by atoms with Crippen molar-refractivity contribution in [3.8, 4) is 0 Å². The van der Waals surface area contributed by atoms with Crippen molar-refractivity contribution in [3.63, 3.8) is 0 Å². The summed E-state index contributed by atoms with van der Waals surface area (Å²) < 4.78 is 0. The predicted octanol–water partition coefficient (Wildman–Crippen LogP) is 2.64. The summed E-state index contributed by atoms with van der Waals surface area (Å²) in [5, 5.41) is 6.14. The van der Waals surface area contributed by atoms with E-state index in [0.29, 0.717) is 18.9 Å². The van der Waals surface area contributed by atoms with Gasteiger partial charge in [0.1, 0.15) is 0 Å². The Kier molecular flexibility index (Phi) is 4.32. The van der Waals surface area contributed by atoms with E-state index in [4.69, 9.17) is 0 Å². The Bertz CT molecular complexity index is 812. The number of rotatable bonds is 2. The zero-order valence-corrected chi connectivity index (χ0v) is 13.2. The molecule has 0 radical (unpaired) electrons. The summed E-state index contributed by atoms with van der Waals surface area (Å²) in [6.45, 7) is 0.717. The van der Waals surface area contributed by atoms with Crippen molar-refractivity contribution < 1.29 is 4.79 Å². The van der Waals surface area contributed by atoms with Gasteiger partial charge in [-0.05, 0) is 29.7 Å². The van der Waals surface area contributed by atoms with Crippen LogP contribution in [0.3, 0.4) is 0 Å². The van der Waals surface area contributed by atoms with Crippen molar-refractivity contribution in [2.75, 3.05) is 5.32 Å². The number of aromatic amines is 1. The lowest BCUT2D eigenvalue weighted by Crippen LogP contribution is -2.44. The molecule has 0 saturated heterocycles. The SMILES string of the molecule is Cl.O=C(Nc1nc2ccccc2[nH]1)C1Cc2ccccc2CN1. The first-order valence-electron chi connectivity index (χ1n) is 7.35. The van der Waals surface area contributed by atoms with Gasteiger partial charge in [-0.15, -0.1) is 12.4 Å². The molecule has 2 heterocycles. The molecule has 0 saturated carbocycles. The zero-order chi connectivity index (χ0) is 14.9. The number of halogens is 1. The second-order valence-electron chi connectivity index (χ2n) is 5.50. The molecule has 5 nitrogen and oxygen atoms in total. The summed E-state index contributed by atoms with van der Waals surface area (Å²) in [6.07, 6.45) is 0.697. The lowest BCUT2D eigenvalue weighted by atomic mass is 9.95. The van der Waals surface area contributed by atoms with Crippen LogP contribution < -0.4 is 10.6 Å². The molecule has 0 fully saturated rings. The third kappa shape index (κ3) is 3.06. The van der Waals surface area contributed by atoms with Crippen molar-refractivity contribution >= 4 is 35.3 Å². The van der Waals surface area contributed by atoms with Gasteiger partial charge in [-0.1, -0.05) is 36.4 Å². The van der Waals surface area contributed by atoms with Crippen LogP contribution in [0.25, 0.3) is 11.0 Å². The number of nitrogens with one attached hydrogen (secondary N) is 3. The number of aromatic nitrogens is 2. The molecule has 4 rings (SSSR count). The summed E-state index contributed by atoms with van der Waals surface area (Å²) in [6, 6.07) is 15.7. The number of imidazole rings is 1. The highest BCUT2D eigenvalue weighted by atomic mass is 35.5. The molecule has 6 heteroatoms. The Morgan fingerprint density at radius 2 is 1.83 bits per heavy atom. The summed E-state index contributed by atoms with van der Waals surface area (Å²) in [5.74, 6) is 0.431. The van der Waals surface area contributed by atoms with Crippen LogP contribution in [0.1, 0.15) is 11.1 Å². The average molecular weight is 329 g/mol. The van der Waals surface area contributed by atoms with Crippen LogP contribution in [-0.4, -0.2) is 21.9 Å². The Hall–Kier alpha value is -2.37. The smallest absolute Gasteiger partial charge is 0.244 e. The molecule has 1 aliphatic heterocycles. The number of H-pyrrole nitrogens is 1. The fraction of sp³-hybridized carbons (Fsp3) is 0.176. The number of hydrogen-bond acceptors (Lipinski definition) is 3. The van der Waals surface area contributed by atoms with Gasteiger partial charge in [0.15, 0.2) is 0 Å². The van der Waals surface area contributed by atoms with Crippen molar-refractivity contribution in [2.45, 2.75) is 19.0 Å². The summed E-state index contributed by atoms with van der Waals surface area (Å²) in [4.78, 5) is 19.9. The molecular formula is C17H17ClN4O.